The molecule has 5 nitrogen and oxygen atoms in total. The molecule has 1 heterocycles. The number of methoxy groups -OCH3 is 1. The molecule has 0 atom stereocenters. The van der Waals surface area contributed by atoms with Crippen LogP contribution in [-0.2, 0) is 4.74 Å². The summed E-state index contributed by atoms with van der Waals surface area (Å²) in [6, 6.07) is 0. The quantitative estimate of drug-likeness (QED) is 0.251. The first-order chi connectivity index (χ1) is 10.6. The van der Waals surface area contributed by atoms with Crippen LogP contribution in [0.1, 0.15) is 52.4 Å². The molecular formula is C17H37IN4O. The van der Waals surface area contributed by atoms with Crippen molar-refractivity contribution in [2.24, 2.45) is 4.99 Å². The summed E-state index contributed by atoms with van der Waals surface area (Å²) in [5.74, 6) is 0.862. The Morgan fingerprint density at radius 3 is 2.39 bits per heavy atom. The van der Waals surface area contributed by atoms with Crippen LogP contribution in [0.15, 0.2) is 4.99 Å². The number of hydrogen-bond donors (Lipinski definition) is 2. The lowest BCUT2D eigenvalue weighted by Gasteiger charge is -2.26. The zero-order valence-corrected chi connectivity index (χ0v) is 17.8. The fourth-order valence-corrected chi connectivity index (χ4v) is 2.62. The molecule has 0 aromatic carbocycles. The molecule has 0 saturated carbocycles. The number of hydrogen-bond acceptors (Lipinski definition) is 3. The van der Waals surface area contributed by atoms with Gasteiger partial charge in [-0.25, -0.2) is 0 Å². The summed E-state index contributed by atoms with van der Waals surface area (Å²) < 4.78 is 5.40. The summed E-state index contributed by atoms with van der Waals surface area (Å²) in [7, 11) is 3.55. The predicted molar refractivity (Wildman–Crippen MR) is 110 cm³/mol. The van der Waals surface area contributed by atoms with Crippen molar-refractivity contribution in [1.29, 1.82) is 0 Å². The lowest BCUT2D eigenvalue weighted by molar-refractivity contribution is 0.0268. The number of ether oxygens (including phenoxy) is 1. The Labute approximate surface area is 160 Å². The molecule has 1 fully saturated rings. The molecule has 1 rings (SSSR count). The lowest BCUT2D eigenvalue weighted by Crippen LogP contribution is -2.45. The minimum atomic E-state index is -0.175. The first-order valence-corrected chi connectivity index (χ1v) is 8.79. The second-order valence-corrected chi connectivity index (χ2v) is 6.78. The topological polar surface area (TPSA) is 48.9 Å². The number of piperidine rings is 1. The summed E-state index contributed by atoms with van der Waals surface area (Å²) in [6.45, 7) is 9.75. The average molecular weight is 440 g/mol. The van der Waals surface area contributed by atoms with Crippen molar-refractivity contribution in [1.82, 2.24) is 15.5 Å². The second kappa shape index (κ2) is 13.2. The summed E-state index contributed by atoms with van der Waals surface area (Å²) in [5, 5.41) is 6.68. The maximum absolute atomic E-state index is 5.40. The third-order valence-corrected chi connectivity index (χ3v) is 4.35. The van der Waals surface area contributed by atoms with E-state index in [0.717, 1.165) is 19.0 Å². The fourth-order valence-electron chi connectivity index (χ4n) is 2.62. The van der Waals surface area contributed by atoms with Gasteiger partial charge in [0.25, 0.3) is 0 Å². The molecular weight excluding hydrogens is 403 g/mol. The van der Waals surface area contributed by atoms with Gasteiger partial charge in [-0.1, -0.05) is 12.8 Å². The molecule has 0 amide bonds. The zero-order chi connectivity index (χ0) is 16.3. The van der Waals surface area contributed by atoms with Gasteiger partial charge >= 0.3 is 0 Å². The number of nitrogens with zero attached hydrogens (tertiary/aromatic N) is 2. The van der Waals surface area contributed by atoms with Crippen molar-refractivity contribution < 1.29 is 4.74 Å². The maximum Gasteiger partial charge on any atom is 0.191 e. The van der Waals surface area contributed by atoms with Gasteiger partial charge in [-0.2, -0.15) is 0 Å². The highest BCUT2D eigenvalue weighted by atomic mass is 127. The van der Waals surface area contributed by atoms with E-state index < -0.39 is 0 Å². The molecule has 0 spiro atoms. The van der Waals surface area contributed by atoms with E-state index in [-0.39, 0.29) is 29.6 Å². The number of halogens is 1. The minimum Gasteiger partial charge on any atom is -0.377 e. The van der Waals surface area contributed by atoms with Gasteiger partial charge in [-0.05, 0) is 59.2 Å². The van der Waals surface area contributed by atoms with E-state index in [1.807, 2.05) is 7.05 Å². The van der Waals surface area contributed by atoms with Crippen LogP contribution in [0.2, 0.25) is 0 Å². The fraction of sp³-hybridized carbons (Fsp3) is 0.941. The highest BCUT2D eigenvalue weighted by molar-refractivity contribution is 14.0. The first-order valence-electron chi connectivity index (χ1n) is 8.79. The van der Waals surface area contributed by atoms with Gasteiger partial charge in [0, 0.05) is 27.2 Å². The van der Waals surface area contributed by atoms with Crippen LogP contribution in [0, 0.1) is 0 Å². The van der Waals surface area contributed by atoms with Gasteiger partial charge < -0.3 is 20.3 Å². The standard InChI is InChI=1S/C17H36N4O.HI/c1-17(2,22-4)15-20-16(18-3)19-11-7-5-8-12-21-13-9-6-10-14-21;/h5-15H2,1-4H3,(H2,18,19,20);1H. The average Bonchev–Trinajstić information content (AvgIpc) is 2.54. The zero-order valence-electron chi connectivity index (χ0n) is 15.5. The van der Waals surface area contributed by atoms with Crippen molar-refractivity contribution in [2.75, 3.05) is 46.9 Å². The van der Waals surface area contributed by atoms with Gasteiger partial charge in [0.2, 0.25) is 0 Å². The van der Waals surface area contributed by atoms with Gasteiger partial charge in [0.1, 0.15) is 0 Å². The predicted octanol–water partition coefficient (Wildman–Crippen LogP) is 2.85. The Balaban J connectivity index is 0.00000484. The summed E-state index contributed by atoms with van der Waals surface area (Å²) in [4.78, 5) is 6.86. The number of guanidine groups is 1. The van der Waals surface area contributed by atoms with Crippen LogP contribution in [0.3, 0.4) is 0 Å². The van der Waals surface area contributed by atoms with Crippen molar-refractivity contribution in [2.45, 2.75) is 58.0 Å². The first kappa shape index (κ1) is 22.9. The number of aliphatic imine (C=N–C) groups is 1. The summed E-state index contributed by atoms with van der Waals surface area (Å²) in [5.41, 5.74) is -0.175. The van der Waals surface area contributed by atoms with E-state index in [4.69, 9.17) is 4.74 Å². The lowest BCUT2D eigenvalue weighted by atomic mass is 10.1. The molecule has 0 aromatic heterocycles. The van der Waals surface area contributed by atoms with E-state index >= 15 is 0 Å². The Hall–Kier alpha value is -0.0800. The van der Waals surface area contributed by atoms with Crippen LogP contribution < -0.4 is 10.6 Å². The van der Waals surface area contributed by atoms with Crippen LogP contribution in [0.25, 0.3) is 0 Å². The molecule has 1 saturated heterocycles. The SMILES string of the molecule is CN=C(NCCCCCN1CCCCC1)NCC(C)(C)OC.I. The highest BCUT2D eigenvalue weighted by Gasteiger charge is 2.16. The van der Waals surface area contributed by atoms with E-state index in [1.165, 1.54) is 58.2 Å². The molecule has 6 heteroatoms. The Kier molecular flexibility index (Phi) is 13.2. The minimum absolute atomic E-state index is 0. The van der Waals surface area contributed by atoms with Gasteiger partial charge in [0.15, 0.2) is 5.96 Å². The Morgan fingerprint density at radius 2 is 1.78 bits per heavy atom. The Bertz CT molecular complexity index is 318. The molecule has 1 aliphatic heterocycles. The van der Waals surface area contributed by atoms with Gasteiger partial charge in [0.05, 0.1) is 5.60 Å². The number of nitrogens with one attached hydrogen (secondary N) is 2. The van der Waals surface area contributed by atoms with E-state index in [0.29, 0.717) is 0 Å². The molecule has 0 aliphatic carbocycles. The molecule has 0 aromatic rings. The molecule has 2 N–H and O–H groups in total. The molecule has 23 heavy (non-hydrogen) atoms. The highest BCUT2D eigenvalue weighted by Crippen LogP contribution is 2.09. The Morgan fingerprint density at radius 1 is 1.09 bits per heavy atom. The molecule has 138 valence electrons. The van der Waals surface area contributed by atoms with Crippen molar-refractivity contribution in [3.63, 3.8) is 0 Å². The third-order valence-electron chi connectivity index (χ3n) is 4.35. The second-order valence-electron chi connectivity index (χ2n) is 6.78. The normalized spacial score (nSPS) is 16.8. The van der Waals surface area contributed by atoms with Gasteiger partial charge in [-0.15, -0.1) is 24.0 Å². The maximum atomic E-state index is 5.40. The third kappa shape index (κ3) is 11.2. The number of likely N-dealkylation sites (tertiary alicyclic amines) is 1. The van der Waals surface area contributed by atoms with E-state index in [9.17, 15) is 0 Å². The van der Waals surface area contributed by atoms with Gasteiger partial charge in [-0.3, -0.25) is 4.99 Å². The molecule has 0 radical (unpaired) electrons. The number of rotatable bonds is 9. The molecule has 1 aliphatic rings. The number of unbranched alkanes of at least 4 members (excludes halogenated alkanes) is 2. The van der Waals surface area contributed by atoms with E-state index in [1.54, 1.807) is 7.11 Å². The summed E-state index contributed by atoms with van der Waals surface area (Å²) in [6.07, 6.45) is 7.99. The molecule has 0 bridgehead atoms. The smallest absolute Gasteiger partial charge is 0.191 e. The monoisotopic (exact) mass is 440 g/mol. The van der Waals surface area contributed by atoms with Crippen molar-refractivity contribution in [3.05, 3.63) is 0 Å². The van der Waals surface area contributed by atoms with Crippen LogP contribution in [-0.4, -0.2) is 63.3 Å². The largest absolute Gasteiger partial charge is 0.377 e. The summed E-state index contributed by atoms with van der Waals surface area (Å²) >= 11 is 0. The molecule has 0 unspecified atom stereocenters. The van der Waals surface area contributed by atoms with Crippen LogP contribution in [0.4, 0.5) is 0 Å². The van der Waals surface area contributed by atoms with Crippen molar-refractivity contribution in [3.8, 4) is 0 Å². The van der Waals surface area contributed by atoms with Crippen molar-refractivity contribution >= 4 is 29.9 Å². The van der Waals surface area contributed by atoms with Crippen LogP contribution in [0.5, 0.6) is 0 Å². The van der Waals surface area contributed by atoms with Crippen LogP contribution >= 0.6 is 24.0 Å². The van der Waals surface area contributed by atoms with E-state index in [2.05, 4.69) is 34.4 Å².